The molecule has 1 aliphatic rings. The molecule has 0 aliphatic carbocycles. The van der Waals surface area contributed by atoms with E-state index in [1.807, 2.05) is 13.0 Å². The van der Waals surface area contributed by atoms with Crippen LogP contribution in [0.1, 0.15) is 30.4 Å². The van der Waals surface area contributed by atoms with Gasteiger partial charge in [-0.3, -0.25) is 4.90 Å². The average molecular weight is 250 g/mol. The highest BCUT2D eigenvalue weighted by atomic mass is 19.1. The summed E-state index contributed by atoms with van der Waals surface area (Å²) in [6, 6.07) is 5.09. The van der Waals surface area contributed by atoms with E-state index in [4.69, 9.17) is 5.73 Å². The minimum absolute atomic E-state index is 0.143. The summed E-state index contributed by atoms with van der Waals surface area (Å²) in [4.78, 5) is 2.48. The molecular formula is C15H23FN2. The number of aryl methyl sites for hydroxylation is 1. The standard InChI is InChI=1S/C15H23FN2/c1-12-9-15(16)5-4-14(12)11-18-8-2-3-13(10-18)6-7-17/h4-5,9,13H,2-3,6-8,10-11,17H2,1H3. The smallest absolute Gasteiger partial charge is 0.123 e. The summed E-state index contributed by atoms with van der Waals surface area (Å²) >= 11 is 0. The summed E-state index contributed by atoms with van der Waals surface area (Å²) in [5.74, 6) is 0.598. The van der Waals surface area contributed by atoms with Crippen LogP contribution in [0.3, 0.4) is 0 Å². The van der Waals surface area contributed by atoms with Gasteiger partial charge in [-0.15, -0.1) is 0 Å². The van der Waals surface area contributed by atoms with E-state index < -0.39 is 0 Å². The lowest BCUT2D eigenvalue weighted by molar-refractivity contribution is 0.163. The second-order valence-corrected chi connectivity index (χ2v) is 5.39. The zero-order chi connectivity index (χ0) is 13.0. The van der Waals surface area contributed by atoms with Gasteiger partial charge in [-0.05, 0) is 68.5 Å². The van der Waals surface area contributed by atoms with Gasteiger partial charge in [-0.1, -0.05) is 6.07 Å². The molecular weight excluding hydrogens is 227 g/mol. The number of hydrogen-bond donors (Lipinski definition) is 1. The van der Waals surface area contributed by atoms with E-state index in [2.05, 4.69) is 4.90 Å². The van der Waals surface area contributed by atoms with Crippen LogP contribution in [0.5, 0.6) is 0 Å². The van der Waals surface area contributed by atoms with Gasteiger partial charge in [0.1, 0.15) is 5.82 Å². The first-order valence-electron chi connectivity index (χ1n) is 6.86. The molecule has 1 unspecified atom stereocenters. The van der Waals surface area contributed by atoms with E-state index in [9.17, 15) is 4.39 Å². The van der Waals surface area contributed by atoms with E-state index in [1.54, 1.807) is 12.1 Å². The molecule has 0 spiro atoms. The fourth-order valence-corrected chi connectivity index (χ4v) is 2.84. The number of piperidine rings is 1. The maximum atomic E-state index is 13.1. The van der Waals surface area contributed by atoms with Gasteiger partial charge in [0, 0.05) is 13.1 Å². The Kier molecular flexibility index (Phi) is 4.72. The van der Waals surface area contributed by atoms with Crippen molar-refractivity contribution in [1.82, 2.24) is 4.90 Å². The van der Waals surface area contributed by atoms with Crippen LogP contribution in [0.15, 0.2) is 18.2 Å². The molecule has 0 bridgehead atoms. The summed E-state index contributed by atoms with van der Waals surface area (Å²) in [6.45, 7) is 5.99. The molecule has 100 valence electrons. The van der Waals surface area contributed by atoms with Crippen molar-refractivity contribution < 1.29 is 4.39 Å². The monoisotopic (exact) mass is 250 g/mol. The maximum Gasteiger partial charge on any atom is 0.123 e. The van der Waals surface area contributed by atoms with Gasteiger partial charge in [0.25, 0.3) is 0 Å². The van der Waals surface area contributed by atoms with E-state index >= 15 is 0 Å². The lowest BCUT2D eigenvalue weighted by Gasteiger charge is -2.33. The lowest BCUT2D eigenvalue weighted by atomic mass is 9.94. The molecule has 1 aliphatic heterocycles. The number of rotatable bonds is 4. The van der Waals surface area contributed by atoms with E-state index in [0.717, 1.165) is 44.1 Å². The largest absolute Gasteiger partial charge is 0.330 e. The third-order valence-electron chi connectivity index (χ3n) is 3.88. The van der Waals surface area contributed by atoms with Gasteiger partial charge in [-0.25, -0.2) is 4.39 Å². The Morgan fingerprint density at radius 2 is 2.28 bits per heavy atom. The topological polar surface area (TPSA) is 29.3 Å². The number of hydrogen-bond acceptors (Lipinski definition) is 2. The Balaban J connectivity index is 1.96. The minimum Gasteiger partial charge on any atom is -0.330 e. The molecule has 1 saturated heterocycles. The summed E-state index contributed by atoms with van der Waals surface area (Å²) in [5, 5.41) is 0. The van der Waals surface area contributed by atoms with Crippen LogP contribution in [0.25, 0.3) is 0 Å². The van der Waals surface area contributed by atoms with Crippen molar-refractivity contribution in [1.29, 1.82) is 0 Å². The van der Waals surface area contributed by atoms with Gasteiger partial charge < -0.3 is 5.73 Å². The molecule has 1 heterocycles. The van der Waals surface area contributed by atoms with Crippen LogP contribution < -0.4 is 5.73 Å². The normalized spacial score (nSPS) is 21.2. The molecule has 18 heavy (non-hydrogen) atoms. The maximum absolute atomic E-state index is 13.1. The molecule has 2 N–H and O–H groups in total. The van der Waals surface area contributed by atoms with Gasteiger partial charge in [-0.2, -0.15) is 0 Å². The number of likely N-dealkylation sites (tertiary alicyclic amines) is 1. The molecule has 1 aromatic carbocycles. The summed E-state index contributed by atoms with van der Waals surface area (Å²) in [7, 11) is 0. The number of benzene rings is 1. The molecule has 0 saturated carbocycles. The summed E-state index contributed by atoms with van der Waals surface area (Å²) < 4.78 is 13.1. The highest BCUT2D eigenvalue weighted by Gasteiger charge is 2.19. The van der Waals surface area contributed by atoms with Gasteiger partial charge in [0.2, 0.25) is 0 Å². The summed E-state index contributed by atoms with van der Waals surface area (Å²) in [6.07, 6.45) is 3.68. The predicted octanol–water partition coefficient (Wildman–Crippen LogP) is 2.69. The van der Waals surface area contributed by atoms with Crippen molar-refractivity contribution in [3.63, 3.8) is 0 Å². The van der Waals surface area contributed by atoms with Gasteiger partial charge in [0.15, 0.2) is 0 Å². The van der Waals surface area contributed by atoms with Crippen LogP contribution in [0, 0.1) is 18.7 Å². The third kappa shape index (κ3) is 3.53. The Morgan fingerprint density at radius 3 is 3.00 bits per heavy atom. The molecule has 1 atom stereocenters. The molecule has 3 heteroatoms. The van der Waals surface area contributed by atoms with Crippen molar-refractivity contribution >= 4 is 0 Å². The number of nitrogens with zero attached hydrogens (tertiary/aromatic N) is 1. The van der Waals surface area contributed by atoms with Gasteiger partial charge >= 0.3 is 0 Å². The van der Waals surface area contributed by atoms with Crippen molar-refractivity contribution in [2.45, 2.75) is 32.7 Å². The van der Waals surface area contributed by atoms with E-state index in [-0.39, 0.29) is 5.82 Å². The first kappa shape index (κ1) is 13.5. The van der Waals surface area contributed by atoms with Crippen molar-refractivity contribution in [3.05, 3.63) is 35.1 Å². The first-order valence-corrected chi connectivity index (χ1v) is 6.86. The molecule has 1 fully saturated rings. The molecule has 0 radical (unpaired) electrons. The zero-order valence-corrected chi connectivity index (χ0v) is 11.2. The Labute approximate surface area is 109 Å². The number of halogens is 1. The second kappa shape index (κ2) is 6.30. The molecule has 2 nitrogen and oxygen atoms in total. The Morgan fingerprint density at radius 1 is 1.44 bits per heavy atom. The van der Waals surface area contributed by atoms with Crippen LogP contribution in [0.2, 0.25) is 0 Å². The highest BCUT2D eigenvalue weighted by molar-refractivity contribution is 5.26. The SMILES string of the molecule is Cc1cc(F)ccc1CN1CCCC(CCN)C1. The fourth-order valence-electron chi connectivity index (χ4n) is 2.84. The van der Waals surface area contributed by atoms with Crippen molar-refractivity contribution in [2.24, 2.45) is 11.7 Å². The van der Waals surface area contributed by atoms with Crippen LogP contribution in [-0.2, 0) is 6.54 Å². The second-order valence-electron chi connectivity index (χ2n) is 5.39. The highest BCUT2D eigenvalue weighted by Crippen LogP contribution is 2.21. The zero-order valence-electron chi connectivity index (χ0n) is 11.2. The predicted molar refractivity (Wildman–Crippen MR) is 72.8 cm³/mol. The van der Waals surface area contributed by atoms with E-state index in [1.165, 1.54) is 18.4 Å². The Bertz CT molecular complexity index is 390. The van der Waals surface area contributed by atoms with Crippen LogP contribution >= 0.6 is 0 Å². The molecule has 0 amide bonds. The van der Waals surface area contributed by atoms with E-state index in [0.29, 0.717) is 0 Å². The van der Waals surface area contributed by atoms with Crippen LogP contribution in [-0.4, -0.2) is 24.5 Å². The van der Waals surface area contributed by atoms with Crippen LogP contribution in [0.4, 0.5) is 4.39 Å². The lowest BCUT2D eigenvalue weighted by Crippen LogP contribution is -2.35. The Hall–Kier alpha value is -0.930. The first-order chi connectivity index (χ1) is 8.69. The molecule has 2 rings (SSSR count). The summed E-state index contributed by atoms with van der Waals surface area (Å²) in [5.41, 5.74) is 7.93. The average Bonchev–Trinajstić information content (AvgIpc) is 2.34. The fraction of sp³-hybridized carbons (Fsp3) is 0.600. The van der Waals surface area contributed by atoms with Gasteiger partial charge in [0.05, 0.1) is 0 Å². The van der Waals surface area contributed by atoms with Crippen molar-refractivity contribution in [3.8, 4) is 0 Å². The molecule has 1 aromatic rings. The molecule has 0 aromatic heterocycles. The minimum atomic E-state index is -0.143. The number of nitrogens with two attached hydrogens (primary N) is 1. The van der Waals surface area contributed by atoms with Crippen molar-refractivity contribution in [2.75, 3.05) is 19.6 Å². The third-order valence-corrected chi connectivity index (χ3v) is 3.88. The quantitative estimate of drug-likeness (QED) is 0.890.